The minimum absolute atomic E-state index is 0.370. The highest BCUT2D eigenvalue weighted by molar-refractivity contribution is 9.11. The highest BCUT2D eigenvalue weighted by atomic mass is 79.9. The van der Waals surface area contributed by atoms with Crippen LogP contribution in [0.4, 0.5) is 0 Å². The minimum atomic E-state index is -1.25. The van der Waals surface area contributed by atoms with Crippen LogP contribution in [0.25, 0.3) is 0 Å². The molecule has 0 fully saturated rings. The van der Waals surface area contributed by atoms with Crippen molar-refractivity contribution in [1.29, 1.82) is 0 Å². The van der Waals surface area contributed by atoms with E-state index in [1.165, 1.54) is 0 Å². The Bertz CT molecular complexity index is 863. The lowest BCUT2D eigenvalue weighted by atomic mass is 9.78. The van der Waals surface area contributed by atoms with Crippen molar-refractivity contribution in [3.8, 4) is 11.5 Å². The molecule has 0 radical (unpaired) electrons. The highest BCUT2D eigenvalue weighted by Gasteiger charge is 2.30. The highest BCUT2D eigenvalue weighted by Crippen LogP contribution is 2.45. The van der Waals surface area contributed by atoms with E-state index in [4.69, 9.17) is 9.47 Å². The van der Waals surface area contributed by atoms with Gasteiger partial charge in [-0.05, 0) is 112 Å². The van der Waals surface area contributed by atoms with E-state index in [1.54, 1.807) is 13.8 Å². The zero-order chi connectivity index (χ0) is 25.2. The topological polar surface area (TPSA) is 58.9 Å². The molecule has 0 aromatic heterocycles. The Hall–Kier alpha value is -0.120. The van der Waals surface area contributed by atoms with Crippen LogP contribution in [0.2, 0.25) is 0 Å². The molecule has 2 N–H and O–H groups in total. The summed E-state index contributed by atoms with van der Waals surface area (Å²) in [6.45, 7) is 11.6. The molecule has 0 bridgehead atoms. The average Bonchev–Trinajstić information content (AvgIpc) is 2.67. The summed E-state index contributed by atoms with van der Waals surface area (Å²) in [6, 6.07) is 8.06. The number of rotatable bonds is 10. The number of hydrogen-bond acceptors (Lipinski definition) is 4. The van der Waals surface area contributed by atoms with Gasteiger partial charge in [0.25, 0.3) is 0 Å². The second-order valence-corrected chi connectivity index (χ2v) is 12.6. The Morgan fingerprint density at radius 1 is 0.636 bits per heavy atom. The summed E-state index contributed by atoms with van der Waals surface area (Å²) in [7, 11) is 0. The molecule has 0 spiro atoms. The molecule has 0 amide bonds. The number of ether oxygens (including phenoxy) is 2. The van der Waals surface area contributed by atoms with Crippen molar-refractivity contribution in [2.75, 3.05) is 0 Å². The first-order valence-corrected chi connectivity index (χ1v) is 14.1. The summed E-state index contributed by atoms with van der Waals surface area (Å²) in [5, 5.41) is 21.0. The fraction of sp³-hybridized carbons (Fsp3) is 0.520. The van der Waals surface area contributed by atoms with Gasteiger partial charge in [-0.2, -0.15) is 0 Å². The van der Waals surface area contributed by atoms with Gasteiger partial charge in [0.15, 0.2) is 11.5 Å². The van der Waals surface area contributed by atoms with Crippen LogP contribution in [0, 0.1) is 0 Å². The van der Waals surface area contributed by atoms with Gasteiger partial charge in [-0.1, -0.05) is 27.7 Å². The maximum absolute atomic E-state index is 10.5. The number of benzene rings is 2. The van der Waals surface area contributed by atoms with Gasteiger partial charge in [0.05, 0.1) is 17.9 Å². The third-order valence-corrected chi connectivity index (χ3v) is 7.87. The summed E-state index contributed by atoms with van der Waals surface area (Å²) in [5.74, 6) is -1.36. The molecule has 0 aliphatic heterocycles. The normalized spacial score (nSPS) is 15.6. The van der Waals surface area contributed by atoms with Crippen LogP contribution in [-0.4, -0.2) is 21.8 Å². The Morgan fingerprint density at radius 2 is 0.909 bits per heavy atom. The van der Waals surface area contributed by atoms with E-state index in [2.05, 4.69) is 77.6 Å². The van der Waals surface area contributed by atoms with Gasteiger partial charge in [0, 0.05) is 32.1 Å². The summed E-state index contributed by atoms with van der Waals surface area (Å²) in [6.07, 6.45) is 2.68. The van der Waals surface area contributed by atoms with E-state index in [-0.39, 0.29) is 5.41 Å². The third-order valence-electron chi connectivity index (χ3n) is 5.51. The third kappa shape index (κ3) is 7.43. The summed E-state index contributed by atoms with van der Waals surface area (Å²) >= 11 is 14.5. The lowest BCUT2D eigenvalue weighted by Crippen LogP contribution is -2.32. The first kappa shape index (κ1) is 29.1. The lowest BCUT2D eigenvalue weighted by Gasteiger charge is -2.31. The van der Waals surface area contributed by atoms with Crippen molar-refractivity contribution in [2.24, 2.45) is 0 Å². The molecule has 184 valence electrons. The molecule has 4 nitrogen and oxygen atoms in total. The monoisotopic (exact) mass is 712 g/mol. The van der Waals surface area contributed by atoms with Crippen molar-refractivity contribution in [2.45, 2.75) is 84.2 Å². The zero-order valence-electron chi connectivity index (χ0n) is 19.9. The number of halogens is 4. The molecule has 0 saturated heterocycles. The summed E-state index contributed by atoms with van der Waals surface area (Å²) < 4.78 is 14.8. The minimum Gasteiger partial charge on any atom is -0.461 e. The number of aliphatic hydroxyl groups is 2. The van der Waals surface area contributed by atoms with Gasteiger partial charge in [0.2, 0.25) is 11.6 Å². The number of hydrogen-bond donors (Lipinski definition) is 2. The fourth-order valence-electron chi connectivity index (χ4n) is 3.67. The van der Waals surface area contributed by atoms with Crippen molar-refractivity contribution >= 4 is 63.7 Å². The Morgan fingerprint density at radius 3 is 1.15 bits per heavy atom. The second kappa shape index (κ2) is 11.3. The molecule has 33 heavy (non-hydrogen) atoms. The van der Waals surface area contributed by atoms with Crippen molar-refractivity contribution in [1.82, 2.24) is 0 Å². The van der Waals surface area contributed by atoms with Crippen molar-refractivity contribution < 1.29 is 19.7 Å². The molecule has 0 aliphatic carbocycles. The molecule has 2 atom stereocenters. The predicted molar refractivity (Wildman–Crippen MR) is 148 cm³/mol. The van der Waals surface area contributed by atoms with Crippen LogP contribution in [0.1, 0.15) is 78.4 Å². The molecular weight excluding hydrogens is 684 g/mol. The second-order valence-electron chi connectivity index (χ2n) is 9.22. The lowest BCUT2D eigenvalue weighted by molar-refractivity contribution is -0.128. The largest absolute Gasteiger partial charge is 0.461 e. The van der Waals surface area contributed by atoms with E-state index in [0.29, 0.717) is 24.3 Å². The summed E-state index contributed by atoms with van der Waals surface area (Å²) in [5.41, 5.74) is 1.73. The van der Waals surface area contributed by atoms with Crippen LogP contribution < -0.4 is 9.47 Å². The fourth-order valence-corrected chi connectivity index (χ4v) is 6.37. The molecular formula is C25H32Br4O4. The summed E-state index contributed by atoms with van der Waals surface area (Å²) in [4.78, 5) is 0. The average molecular weight is 716 g/mol. The van der Waals surface area contributed by atoms with E-state index < -0.39 is 11.6 Å². The zero-order valence-corrected chi connectivity index (χ0v) is 26.2. The first-order valence-electron chi connectivity index (χ1n) is 11.0. The molecule has 8 heteroatoms. The van der Waals surface area contributed by atoms with Gasteiger partial charge < -0.3 is 19.7 Å². The van der Waals surface area contributed by atoms with Gasteiger partial charge >= 0.3 is 0 Å². The molecule has 0 heterocycles. The van der Waals surface area contributed by atoms with Crippen LogP contribution in [0.15, 0.2) is 42.2 Å². The Balaban J connectivity index is 2.44. The first-order chi connectivity index (χ1) is 15.1. The Labute approximate surface area is 231 Å². The molecule has 0 saturated carbocycles. The predicted octanol–water partition coefficient (Wildman–Crippen LogP) is 8.84. The maximum atomic E-state index is 10.5. The molecule has 2 aromatic rings. The van der Waals surface area contributed by atoms with Crippen LogP contribution in [0.5, 0.6) is 11.5 Å². The van der Waals surface area contributed by atoms with Gasteiger partial charge in [0.1, 0.15) is 0 Å². The van der Waals surface area contributed by atoms with Crippen LogP contribution in [-0.2, 0) is 5.41 Å². The smallest absolute Gasteiger partial charge is 0.205 e. The SMILES string of the molecule is CCCC(C)(O)Oc1c(Br)cc(C(C)(C)c2cc(Br)c(OC(C)(O)CCC)c(Br)c2)cc1Br. The molecule has 2 unspecified atom stereocenters. The van der Waals surface area contributed by atoms with E-state index in [1.807, 2.05) is 38.1 Å². The quantitative estimate of drug-likeness (QED) is 0.242. The van der Waals surface area contributed by atoms with Crippen LogP contribution in [0.3, 0.4) is 0 Å². The molecule has 2 aromatic carbocycles. The van der Waals surface area contributed by atoms with E-state index in [0.717, 1.165) is 41.9 Å². The van der Waals surface area contributed by atoms with E-state index in [9.17, 15) is 10.2 Å². The van der Waals surface area contributed by atoms with Crippen molar-refractivity contribution in [3.63, 3.8) is 0 Å². The van der Waals surface area contributed by atoms with Crippen molar-refractivity contribution in [3.05, 3.63) is 53.3 Å². The maximum Gasteiger partial charge on any atom is 0.205 e. The van der Waals surface area contributed by atoms with Crippen LogP contribution >= 0.6 is 63.7 Å². The Kier molecular flexibility index (Phi) is 9.96. The van der Waals surface area contributed by atoms with Gasteiger partial charge in [-0.15, -0.1) is 0 Å². The van der Waals surface area contributed by atoms with E-state index >= 15 is 0 Å². The standard InChI is InChI=1S/C25H32Br4O4/c1-7-9-24(5,30)32-21-17(26)11-15(12-18(21)27)23(3,4)16-13-19(28)22(20(29)14-16)33-25(6,31)10-8-2/h11-14,30-31H,7-10H2,1-6H3. The molecule has 2 rings (SSSR count). The molecule has 0 aliphatic rings. The van der Waals surface area contributed by atoms with Gasteiger partial charge in [-0.25, -0.2) is 0 Å². The van der Waals surface area contributed by atoms with Gasteiger partial charge in [-0.3, -0.25) is 0 Å².